The first kappa shape index (κ1) is 25.1. The summed E-state index contributed by atoms with van der Waals surface area (Å²) in [5.41, 5.74) is 1.94. The Morgan fingerprint density at radius 1 is 1.14 bits per heavy atom. The summed E-state index contributed by atoms with van der Waals surface area (Å²) in [5.74, 6) is -2.83. The number of carbonyl (C=O) groups is 3. The summed E-state index contributed by atoms with van der Waals surface area (Å²) >= 11 is 6.53. The van der Waals surface area contributed by atoms with Crippen LogP contribution in [0, 0.1) is 0 Å². The number of fused-ring (bicyclic) bond motifs is 1. The molecule has 0 spiro atoms. The summed E-state index contributed by atoms with van der Waals surface area (Å²) in [6, 6.07) is 8.73. The van der Waals surface area contributed by atoms with Gasteiger partial charge in [0.1, 0.15) is 11.5 Å². The second-order valence-electron chi connectivity index (χ2n) is 8.73. The van der Waals surface area contributed by atoms with Crippen LogP contribution in [0.15, 0.2) is 42.6 Å². The molecule has 3 aromatic rings. The number of aliphatic carboxylic acids is 1. The predicted molar refractivity (Wildman–Crippen MR) is 138 cm³/mol. The Hall–Kier alpha value is -4.05. The number of halogens is 1. The summed E-state index contributed by atoms with van der Waals surface area (Å²) in [5, 5.41) is 22.9. The largest absolute Gasteiger partial charge is 0.507 e. The number of H-pyrrole nitrogens is 1. The van der Waals surface area contributed by atoms with E-state index in [4.69, 9.17) is 16.7 Å². The van der Waals surface area contributed by atoms with Gasteiger partial charge in [-0.2, -0.15) is 0 Å². The third kappa shape index (κ3) is 5.13. The SMILES string of the molecule is CC(C)Nc1cccnc1N1CCN(C(=O)c2[nH]c3ccc(C(O)=CC(=O)C(=O)O)cc3c2Cl)CC1. The lowest BCUT2D eigenvalue weighted by molar-refractivity contribution is -0.146. The molecule has 1 saturated heterocycles. The summed E-state index contributed by atoms with van der Waals surface area (Å²) in [4.78, 5) is 46.8. The maximum atomic E-state index is 13.3. The fraction of sp³-hybridized carbons (Fsp3) is 0.280. The Kier molecular flexibility index (Phi) is 7.16. The van der Waals surface area contributed by atoms with E-state index < -0.39 is 17.5 Å². The van der Waals surface area contributed by atoms with Crippen molar-refractivity contribution in [3.63, 3.8) is 0 Å². The normalized spacial score (nSPS) is 14.4. The molecular formula is C25H26ClN5O5. The molecular weight excluding hydrogens is 486 g/mol. The third-order valence-electron chi connectivity index (χ3n) is 5.82. The molecule has 1 aliphatic heterocycles. The number of nitrogens with one attached hydrogen (secondary N) is 2. The van der Waals surface area contributed by atoms with E-state index >= 15 is 0 Å². The van der Waals surface area contributed by atoms with E-state index in [0.29, 0.717) is 43.2 Å². The summed E-state index contributed by atoms with van der Waals surface area (Å²) < 4.78 is 0. The molecule has 188 valence electrons. The highest BCUT2D eigenvalue weighted by Gasteiger charge is 2.27. The molecule has 0 radical (unpaired) electrons. The molecule has 1 aromatic carbocycles. The van der Waals surface area contributed by atoms with Gasteiger partial charge in [0.15, 0.2) is 5.82 Å². The number of piperazine rings is 1. The Morgan fingerprint density at radius 2 is 1.86 bits per heavy atom. The van der Waals surface area contributed by atoms with Crippen LogP contribution in [0.1, 0.15) is 29.9 Å². The lowest BCUT2D eigenvalue weighted by atomic mass is 10.1. The number of amides is 1. The average molecular weight is 512 g/mol. The van der Waals surface area contributed by atoms with Gasteiger partial charge in [-0.3, -0.25) is 9.59 Å². The van der Waals surface area contributed by atoms with Crippen LogP contribution in [0.25, 0.3) is 16.7 Å². The summed E-state index contributed by atoms with van der Waals surface area (Å²) in [6.45, 7) is 6.30. The zero-order valence-electron chi connectivity index (χ0n) is 19.8. The second kappa shape index (κ2) is 10.3. The topological polar surface area (TPSA) is 139 Å². The summed E-state index contributed by atoms with van der Waals surface area (Å²) in [7, 11) is 0. The second-order valence-corrected chi connectivity index (χ2v) is 9.10. The van der Waals surface area contributed by atoms with Gasteiger partial charge in [0.05, 0.1) is 10.7 Å². The van der Waals surface area contributed by atoms with E-state index in [1.165, 1.54) is 12.1 Å². The Labute approximate surface area is 212 Å². The molecule has 11 heteroatoms. The number of aliphatic hydroxyl groups excluding tert-OH is 1. The molecule has 3 heterocycles. The number of aromatic amines is 1. The predicted octanol–water partition coefficient (Wildman–Crippen LogP) is 3.55. The molecule has 2 aromatic heterocycles. The number of hydrogen-bond donors (Lipinski definition) is 4. The van der Waals surface area contributed by atoms with Crippen molar-refractivity contribution < 1.29 is 24.6 Å². The van der Waals surface area contributed by atoms with Crippen LogP contribution in [-0.4, -0.2) is 75.0 Å². The van der Waals surface area contributed by atoms with Gasteiger partial charge in [-0.25, -0.2) is 9.78 Å². The Bertz CT molecular complexity index is 1360. The molecule has 4 N–H and O–H groups in total. The van der Waals surface area contributed by atoms with Crippen molar-refractivity contribution in [2.75, 3.05) is 36.4 Å². The molecule has 0 saturated carbocycles. The van der Waals surface area contributed by atoms with Crippen LogP contribution in [0.4, 0.5) is 11.5 Å². The number of carbonyl (C=O) groups excluding carboxylic acids is 2. The fourth-order valence-electron chi connectivity index (χ4n) is 4.09. The number of ketones is 1. The molecule has 0 unspecified atom stereocenters. The lowest BCUT2D eigenvalue weighted by Gasteiger charge is -2.36. The van der Waals surface area contributed by atoms with Gasteiger partial charge in [0.25, 0.3) is 11.7 Å². The van der Waals surface area contributed by atoms with Crippen molar-refractivity contribution >= 4 is 57.4 Å². The quantitative estimate of drug-likeness (QED) is 0.214. The molecule has 0 aliphatic carbocycles. The van der Waals surface area contributed by atoms with Crippen molar-refractivity contribution in [1.82, 2.24) is 14.9 Å². The zero-order valence-corrected chi connectivity index (χ0v) is 20.5. The van der Waals surface area contributed by atoms with Crippen molar-refractivity contribution in [1.29, 1.82) is 0 Å². The van der Waals surface area contributed by atoms with Gasteiger partial charge in [0.2, 0.25) is 0 Å². The van der Waals surface area contributed by atoms with E-state index in [1.54, 1.807) is 17.2 Å². The average Bonchev–Trinajstić information content (AvgIpc) is 3.19. The number of rotatable bonds is 7. The van der Waals surface area contributed by atoms with Gasteiger partial charge >= 0.3 is 5.97 Å². The number of hydrogen-bond acceptors (Lipinski definition) is 7. The van der Waals surface area contributed by atoms with Gasteiger partial charge in [-0.05, 0) is 44.2 Å². The lowest BCUT2D eigenvalue weighted by Crippen LogP contribution is -2.49. The number of pyridine rings is 1. The van der Waals surface area contributed by atoms with Crippen molar-refractivity contribution in [2.24, 2.45) is 0 Å². The van der Waals surface area contributed by atoms with Crippen LogP contribution in [0.5, 0.6) is 0 Å². The highest BCUT2D eigenvalue weighted by Crippen LogP contribution is 2.31. The van der Waals surface area contributed by atoms with Crippen LogP contribution in [0.2, 0.25) is 5.02 Å². The number of benzene rings is 1. The highest BCUT2D eigenvalue weighted by atomic mass is 35.5. The monoisotopic (exact) mass is 511 g/mol. The number of anilines is 2. The van der Waals surface area contributed by atoms with Gasteiger partial charge in [0, 0.05) is 61.0 Å². The van der Waals surface area contributed by atoms with Crippen molar-refractivity contribution in [3.8, 4) is 0 Å². The zero-order chi connectivity index (χ0) is 26.0. The maximum Gasteiger partial charge on any atom is 0.376 e. The highest BCUT2D eigenvalue weighted by molar-refractivity contribution is 6.39. The molecule has 1 fully saturated rings. The number of aromatic nitrogens is 2. The smallest absolute Gasteiger partial charge is 0.376 e. The van der Waals surface area contributed by atoms with E-state index in [1.807, 2.05) is 12.1 Å². The van der Waals surface area contributed by atoms with E-state index in [0.717, 1.165) is 11.5 Å². The van der Waals surface area contributed by atoms with Gasteiger partial charge in [-0.15, -0.1) is 0 Å². The minimum Gasteiger partial charge on any atom is -0.507 e. The molecule has 0 atom stereocenters. The molecule has 10 nitrogen and oxygen atoms in total. The fourth-order valence-corrected chi connectivity index (χ4v) is 4.37. The molecule has 1 aliphatic rings. The minimum atomic E-state index is -1.68. The number of carboxylic acid groups (broad SMARTS) is 1. The minimum absolute atomic E-state index is 0.185. The van der Waals surface area contributed by atoms with E-state index in [-0.39, 0.29) is 28.2 Å². The van der Waals surface area contributed by atoms with Crippen LogP contribution < -0.4 is 10.2 Å². The third-order valence-corrected chi connectivity index (χ3v) is 6.21. The molecule has 36 heavy (non-hydrogen) atoms. The number of nitrogens with zero attached hydrogens (tertiary/aromatic N) is 3. The Morgan fingerprint density at radius 3 is 2.53 bits per heavy atom. The van der Waals surface area contributed by atoms with E-state index in [2.05, 4.69) is 34.0 Å². The maximum absolute atomic E-state index is 13.3. The standard InChI is InChI=1S/C25H26ClN5O5/c1-14(2)28-18-4-3-7-27-23(18)30-8-10-31(11-9-30)24(34)22-21(26)16-12-15(5-6-17(16)29-22)19(32)13-20(33)25(35)36/h3-7,12-14,28-29,32H,8-11H2,1-2H3,(H,35,36). The van der Waals surface area contributed by atoms with Crippen LogP contribution >= 0.6 is 11.6 Å². The van der Waals surface area contributed by atoms with Gasteiger partial charge < -0.3 is 30.3 Å². The Balaban J connectivity index is 1.51. The van der Waals surface area contributed by atoms with Crippen LogP contribution in [-0.2, 0) is 9.59 Å². The first-order valence-corrected chi connectivity index (χ1v) is 11.8. The summed E-state index contributed by atoms with van der Waals surface area (Å²) in [6.07, 6.45) is 2.38. The molecule has 0 bridgehead atoms. The first-order chi connectivity index (χ1) is 17.2. The van der Waals surface area contributed by atoms with Crippen molar-refractivity contribution in [2.45, 2.75) is 19.9 Å². The van der Waals surface area contributed by atoms with Crippen molar-refractivity contribution in [3.05, 3.63) is 58.9 Å². The first-order valence-electron chi connectivity index (χ1n) is 11.4. The number of carboxylic acids is 1. The van der Waals surface area contributed by atoms with Crippen LogP contribution in [0.3, 0.4) is 0 Å². The molecule has 4 rings (SSSR count). The van der Waals surface area contributed by atoms with Gasteiger partial charge in [-0.1, -0.05) is 11.6 Å². The molecule has 1 amide bonds. The van der Waals surface area contributed by atoms with E-state index in [9.17, 15) is 19.5 Å². The number of aliphatic hydroxyl groups is 1.